The molecular formula is C10H12ClN3O3. The second-order valence-electron chi connectivity index (χ2n) is 3.12. The van der Waals surface area contributed by atoms with Crippen LogP contribution in [-0.2, 0) is 9.53 Å². The fraction of sp³-hybridized carbons (Fsp3) is 0.300. The largest absolute Gasteiger partial charge is 0.370 e. The molecule has 0 saturated heterocycles. The number of pyridine rings is 1. The van der Waals surface area contributed by atoms with Crippen LogP contribution in [0.4, 0.5) is 0 Å². The Kier molecular flexibility index (Phi) is 5.38. The molecule has 1 aromatic heterocycles. The number of carbonyl (C=O) groups excluding carboxylic acids is 2. The number of nitrogens with two attached hydrogens (primary N) is 1. The van der Waals surface area contributed by atoms with E-state index in [0.29, 0.717) is 0 Å². The van der Waals surface area contributed by atoms with Gasteiger partial charge in [-0.2, -0.15) is 0 Å². The van der Waals surface area contributed by atoms with Gasteiger partial charge in [0.2, 0.25) is 5.91 Å². The monoisotopic (exact) mass is 257 g/mol. The van der Waals surface area contributed by atoms with Crippen molar-refractivity contribution < 1.29 is 14.3 Å². The second kappa shape index (κ2) is 6.82. The third-order valence-electron chi connectivity index (χ3n) is 1.72. The van der Waals surface area contributed by atoms with E-state index in [1.54, 1.807) is 18.2 Å². The van der Waals surface area contributed by atoms with Gasteiger partial charge in [-0.25, -0.2) is 4.98 Å². The Morgan fingerprint density at radius 2 is 2.24 bits per heavy atom. The minimum atomic E-state index is -0.548. The number of nitrogens with zero attached hydrogens (tertiary/aromatic N) is 1. The first-order valence-electron chi connectivity index (χ1n) is 4.86. The van der Waals surface area contributed by atoms with Gasteiger partial charge in [0.15, 0.2) is 0 Å². The Morgan fingerprint density at radius 1 is 1.47 bits per heavy atom. The molecule has 0 spiro atoms. The fourth-order valence-corrected chi connectivity index (χ4v) is 1.20. The highest BCUT2D eigenvalue weighted by Gasteiger charge is 2.06. The average Bonchev–Trinajstić information content (AvgIpc) is 2.28. The van der Waals surface area contributed by atoms with Gasteiger partial charge in [-0.05, 0) is 12.1 Å². The quantitative estimate of drug-likeness (QED) is 0.553. The summed E-state index contributed by atoms with van der Waals surface area (Å²) in [6.07, 6.45) is 0. The molecule has 0 aromatic carbocycles. The van der Waals surface area contributed by atoms with Crippen molar-refractivity contribution in [1.29, 1.82) is 0 Å². The molecule has 0 saturated carbocycles. The van der Waals surface area contributed by atoms with Gasteiger partial charge in [-0.3, -0.25) is 9.59 Å². The zero-order chi connectivity index (χ0) is 12.7. The molecule has 1 heterocycles. The van der Waals surface area contributed by atoms with Crippen LogP contribution in [0.3, 0.4) is 0 Å². The van der Waals surface area contributed by atoms with Gasteiger partial charge < -0.3 is 15.8 Å². The Morgan fingerprint density at radius 3 is 2.88 bits per heavy atom. The molecule has 2 amide bonds. The van der Waals surface area contributed by atoms with Gasteiger partial charge in [-0.1, -0.05) is 17.7 Å². The molecule has 0 unspecified atom stereocenters. The molecule has 0 fully saturated rings. The third-order valence-corrected chi connectivity index (χ3v) is 1.93. The lowest BCUT2D eigenvalue weighted by Crippen LogP contribution is -2.29. The number of hydrogen-bond donors (Lipinski definition) is 2. The minimum Gasteiger partial charge on any atom is -0.370 e. The lowest BCUT2D eigenvalue weighted by molar-refractivity contribution is -0.122. The molecule has 0 aliphatic rings. The van der Waals surface area contributed by atoms with E-state index < -0.39 is 5.91 Å². The number of primary amides is 1. The molecule has 0 radical (unpaired) electrons. The maximum atomic E-state index is 11.5. The summed E-state index contributed by atoms with van der Waals surface area (Å²) in [6, 6.07) is 4.76. The zero-order valence-corrected chi connectivity index (χ0v) is 9.74. The highest BCUT2D eigenvalue weighted by atomic mass is 35.5. The predicted molar refractivity (Wildman–Crippen MR) is 61.6 cm³/mol. The molecule has 17 heavy (non-hydrogen) atoms. The van der Waals surface area contributed by atoms with E-state index in [1.165, 1.54) is 0 Å². The minimum absolute atomic E-state index is 0.161. The smallest absolute Gasteiger partial charge is 0.270 e. The number of halogens is 1. The summed E-state index contributed by atoms with van der Waals surface area (Å²) in [5.41, 5.74) is 5.10. The predicted octanol–water partition coefficient (Wildman–Crippen LogP) is -0.0333. The van der Waals surface area contributed by atoms with Crippen molar-refractivity contribution in [2.45, 2.75) is 0 Å². The molecule has 3 N–H and O–H groups in total. The molecule has 1 aromatic rings. The topological polar surface area (TPSA) is 94.3 Å². The van der Waals surface area contributed by atoms with Gasteiger partial charge in [0.25, 0.3) is 5.91 Å². The fourth-order valence-electron chi connectivity index (χ4n) is 1.03. The molecule has 0 bridgehead atoms. The van der Waals surface area contributed by atoms with Crippen LogP contribution in [-0.4, -0.2) is 36.6 Å². The molecule has 6 nitrogen and oxygen atoms in total. The number of carbonyl (C=O) groups is 2. The van der Waals surface area contributed by atoms with Gasteiger partial charge in [0.1, 0.15) is 17.5 Å². The third kappa shape index (κ3) is 5.28. The van der Waals surface area contributed by atoms with Crippen LogP contribution in [0.15, 0.2) is 18.2 Å². The highest BCUT2D eigenvalue weighted by Crippen LogP contribution is 2.04. The zero-order valence-electron chi connectivity index (χ0n) is 8.98. The number of hydrogen-bond acceptors (Lipinski definition) is 4. The molecule has 7 heteroatoms. The van der Waals surface area contributed by atoms with Crippen LogP contribution in [0, 0.1) is 0 Å². The van der Waals surface area contributed by atoms with Crippen molar-refractivity contribution in [3.63, 3.8) is 0 Å². The Balaban J connectivity index is 2.28. The van der Waals surface area contributed by atoms with E-state index >= 15 is 0 Å². The van der Waals surface area contributed by atoms with Crippen LogP contribution < -0.4 is 11.1 Å². The standard InChI is InChI=1S/C10H12ClN3O3/c11-8-3-1-2-7(14-8)10(16)13-4-5-17-6-9(12)15/h1-3H,4-6H2,(H2,12,15)(H,13,16). The van der Waals surface area contributed by atoms with Crippen molar-refractivity contribution in [2.75, 3.05) is 19.8 Å². The lowest BCUT2D eigenvalue weighted by atomic mass is 10.3. The number of rotatable bonds is 6. The molecule has 0 aliphatic heterocycles. The Hall–Kier alpha value is -1.66. The molecule has 0 aliphatic carbocycles. The van der Waals surface area contributed by atoms with E-state index in [9.17, 15) is 9.59 Å². The molecule has 1 rings (SSSR count). The Bertz CT molecular complexity index is 412. The van der Waals surface area contributed by atoms with Crippen LogP contribution in [0.2, 0.25) is 5.15 Å². The van der Waals surface area contributed by atoms with E-state index in [0.717, 1.165) is 0 Å². The van der Waals surface area contributed by atoms with Crippen molar-refractivity contribution in [2.24, 2.45) is 5.73 Å². The van der Waals surface area contributed by atoms with E-state index in [1.807, 2.05) is 0 Å². The normalized spacial score (nSPS) is 9.94. The molecule has 0 atom stereocenters. The van der Waals surface area contributed by atoms with Gasteiger partial charge >= 0.3 is 0 Å². The summed E-state index contributed by atoms with van der Waals surface area (Å²) in [4.78, 5) is 25.7. The summed E-state index contributed by atoms with van der Waals surface area (Å²) < 4.78 is 4.87. The molecule has 92 valence electrons. The van der Waals surface area contributed by atoms with Crippen LogP contribution >= 0.6 is 11.6 Å². The first-order valence-corrected chi connectivity index (χ1v) is 5.24. The van der Waals surface area contributed by atoms with E-state index in [4.69, 9.17) is 22.1 Å². The van der Waals surface area contributed by atoms with Crippen LogP contribution in [0.1, 0.15) is 10.5 Å². The maximum Gasteiger partial charge on any atom is 0.270 e. The summed E-state index contributed by atoms with van der Waals surface area (Å²) in [5, 5.41) is 2.82. The number of aromatic nitrogens is 1. The van der Waals surface area contributed by atoms with Crippen molar-refractivity contribution in [3.8, 4) is 0 Å². The van der Waals surface area contributed by atoms with Crippen molar-refractivity contribution in [1.82, 2.24) is 10.3 Å². The average molecular weight is 258 g/mol. The van der Waals surface area contributed by atoms with E-state index in [2.05, 4.69) is 10.3 Å². The summed E-state index contributed by atoms with van der Waals surface area (Å²) in [5.74, 6) is -0.900. The first kappa shape index (κ1) is 13.4. The summed E-state index contributed by atoms with van der Waals surface area (Å²) in [7, 11) is 0. The lowest BCUT2D eigenvalue weighted by Gasteiger charge is -2.04. The highest BCUT2D eigenvalue weighted by molar-refractivity contribution is 6.29. The van der Waals surface area contributed by atoms with Crippen molar-refractivity contribution in [3.05, 3.63) is 29.0 Å². The number of ether oxygens (including phenoxy) is 1. The van der Waals surface area contributed by atoms with Crippen LogP contribution in [0.5, 0.6) is 0 Å². The van der Waals surface area contributed by atoms with Gasteiger partial charge in [0.05, 0.1) is 6.61 Å². The SMILES string of the molecule is NC(=O)COCCNC(=O)c1cccc(Cl)n1. The van der Waals surface area contributed by atoms with Gasteiger partial charge in [0, 0.05) is 6.54 Å². The van der Waals surface area contributed by atoms with Crippen LogP contribution in [0.25, 0.3) is 0 Å². The first-order chi connectivity index (χ1) is 8.09. The number of nitrogens with one attached hydrogen (secondary N) is 1. The number of amides is 2. The van der Waals surface area contributed by atoms with E-state index in [-0.39, 0.29) is 36.5 Å². The van der Waals surface area contributed by atoms with Crippen molar-refractivity contribution >= 4 is 23.4 Å². The molecular weight excluding hydrogens is 246 g/mol. The maximum absolute atomic E-state index is 11.5. The summed E-state index contributed by atoms with van der Waals surface area (Å²) in [6.45, 7) is 0.306. The van der Waals surface area contributed by atoms with Gasteiger partial charge in [-0.15, -0.1) is 0 Å². The second-order valence-corrected chi connectivity index (χ2v) is 3.51. The summed E-state index contributed by atoms with van der Waals surface area (Å²) >= 11 is 5.64. The Labute approximate surface area is 103 Å².